The van der Waals surface area contributed by atoms with E-state index in [1.165, 1.54) is 0 Å². The van der Waals surface area contributed by atoms with Gasteiger partial charge in [-0.15, -0.1) is 0 Å². The highest BCUT2D eigenvalue weighted by molar-refractivity contribution is 5.81. The quantitative estimate of drug-likeness (QED) is 0.801. The van der Waals surface area contributed by atoms with Crippen LogP contribution in [-0.4, -0.2) is 28.0 Å². The van der Waals surface area contributed by atoms with Gasteiger partial charge >= 0.3 is 0 Å². The zero-order valence-electron chi connectivity index (χ0n) is 10.8. The molecule has 1 amide bonds. The molecule has 0 aromatic carbocycles. The van der Waals surface area contributed by atoms with Crippen LogP contribution in [0.5, 0.6) is 0 Å². The van der Waals surface area contributed by atoms with Crippen molar-refractivity contribution >= 4 is 5.91 Å². The van der Waals surface area contributed by atoms with Gasteiger partial charge in [0.2, 0.25) is 5.91 Å². The lowest BCUT2D eigenvalue weighted by atomic mass is 10.2. The molecule has 2 unspecified atom stereocenters. The third-order valence-corrected chi connectivity index (χ3v) is 2.35. The minimum absolute atomic E-state index is 0.00314. The number of aromatic nitrogens is 2. The van der Waals surface area contributed by atoms with E-state index in [-0.39, 0.29) is 24.0 Å². The molecule has 1 heterocycles. The van der Waals surface area contributed by atoms with Crippen LogP contribution in [0.1, 0.15) is 39.4 Å². The SMILES string of the molecule is CC(C)NC(=O)C(C)NC(C)c1cnccn1. The van der Waals surface area contributed by atoms with Gasteiger partial charge in [0.25, 0.3) is 0 Å². The van der Waals surface area contributed by atoms with Crippen molar-refractivity contribution in [1.29, 1.82) is 0 Å². The zero-order valence-corrected chi connectivity index (χ0v) is 10.8. The Morgan fingerprint density at radius 2 is 1.94 bits per heavy atom. The van der Waals surface area contributed by atoms with E-state index < -0.39 is 0 Å². The summed E-state index contributed by atoms with van der Waals surface area (Å²) in [5.41, 5.74) is 0.830. The fraction of sp³-hybridized carbons (Fsp3) is 0.583. The Kier molecular flexibility index (Phi) is 5.03. The number of amides is 1. The average molecular weight is 236 g/mol. The number of hydrogen-bond acceptors (Lipinski definition) is 4. The molecule has 0 aliphatic rings. The molecule has 0 spiro atoms. The minimum Gasteiger partial charge on any atom is -0.353 e. The lowest BCUT2D eigenvalue weighted by Gasteiger charge is -2.20. The monoisotopic (exact) mass is 236 g/mol. The lowest BCUT2D eigenvalue weighted by Crippen LogP contribution is -2.45. The van der Waals surface area contributed by atoms with Gasteiger partial charge in [0.15, 0.2) is 0 Å². The van der Waals surface area contributed by atoms with Gasteiger partial charge in [-0.25, -0.2) is 0 Å². The number of nitrogens with zero attached hydrogens (tertiary/aromatic N) is 2. The van der Waals surface area contributed by atoms with Gasteiger partial charge in [0.1, 0.15) is 0 Å². The molecule has 94 valence electrons. The first-order valence-corrected chi connectivity index (χ1v) is 5.83. The second-order valence-corrected chi connectivity index (χ2v) is 4.40. The Balaban J connectivity index is 2.51. The number of nitrogens with one attached hydrogen (secondary N) is 2. The molecular weight excluding hydrogens is 216 g/mol. The van der Waals surface area contributed by atoms with Crippen LogP contribution in [0.15, 0.2) is 18.6 Å². The molecule has 1 aromatic rings. The molecule has 2 atom stereocenters. The molecular formula is C12H20N4O. The first kappa shape index (κ1) is 13.6. The molecule has 17 heavy (non-hydrogen) atoms. The zero-order chi connectivity index (χ0) is 12.8. The first-order valence-electron chi connectivity index (χ1n) is 5.83. The third kappa shape index (κ3) is 4.48. The summed E-state index contributed by atoms with van der Waals surface area (Å²) in [5, 5.41) is 6.05. The molecule has 0 radical (unpaired) electrons. The largest absolute Gasteiger partial charge is 0.353 e. The maximum Gasteiger partial charge on any atom is 0.237 e. The summed E-state index contributed by atoms with van der Waals surface area (Å²) in [6.45, 7) is 7.68. The number of rotatable bonds is 5. The van der Waals surface area contributed by atoms with Crippen LogP contribution in [0, 0.1) is 0 Å². The van der Waals surface area contributed by atoms with Gasteiger partial charge in [-0.3, -0.25) is 20.1 Å². The Morgan fingerprint density at radius 3 is 2.47 bits per heavy atom. The van der Waals surface area contributed by atoms with Gasteiger partial charge in [0, 0.05) is 30.7 Å². The maximum absolute atomic E-state index is 11.7. The van der Waals surface area contributed by atoms with Crippen molar-refractivity contribution in [3.8, 4) is 0 Å². The maximum atomic E-state index is 11.7. The second kappa shape index (κ2) is 6.30. The van der Waals surface area contributed by atoms with Crippen LogP contribution in [0.3, 0.4) is 0 Å². The second-order valence-electron chi connectivity index (χ2n) is 4.40. The Hall–Kier alpha value is -1.49. The fourth-order valence-corrected chi connectivity index (χ4v) is 1.48. The molecule has 0 bridgehead atoms. The molecule has 0 saturated heterocycles. The van der Waals surface area contributed by atoms with Crippen LogP contribution < -0.4 is 10.6 Å². The Morgan fingerprint density at radius 1 is 1.24 bits per heavy atom. The van der Waals surface area contributed by atoms with Crippen molar-refractivity contribution in [1.82, 2.24) is 20.6 Å². The summed E-state index contributed by atoms with van der Waals surface area (Å²) in [7, 11) is 0. The normalized spacial score (nSPS) is 14.4. The van der Waals surface area contributed by atoms with Crippen LogP contribution in [0.25, 0.3) is 0 Å². The summed E-state index contributed by atoms with van der Waals surface area (Å²) in [4.78, 5) is 19.9. The van der Waals surface area contributed by atoms with E-state index in [2.05, 4.69) is 20.6 Å². The molecule has 5 heteroatoms. The van der Waals surface area contributed by atoms with Crippen molar-refractivity contribution in [3.63, 3.8) is 0 Å². The number of hydrogen-bond donors (Lipinski definition) is 2. The fourth-order valence-electron chi connectivity index (χ4n) is 1.48. The smallest absolute Gasteiger partial charge is 0.237 e. The molecule has 0 saturated carbocycles. The summed E-state index contributed by atoms with van der Waals surface area (Å²) < 4.78 is 0. The third-order valence-electron chi connectivity index (χ3n) is 2.35. The van der Waals surface area contributed by atoms with E-state index in [1.807, 2.05) is 27.7 Å². The highest BCUT2D eigenvalue weighted by Crippen LogP contribution is 2.07. The molecule has 0 fully saturated rings. The van der Waals surface area contributed by atoms with Gasteiger partial charge in [-0.2, -0.15) is 0 Å². The van der Waals surface area contributed by atoms with Gasteiger partial charge in [-0.05, 0) is 27.7 Å². The van der Waals surface area contributed by atoms with Crippen molar-refractivity contribution in [2.75, 3.05) is 0 Å². The van der Waals surface area contributed by atoms with E-state index in [0.29, 0.717) is 0 Å². The van der Waals surface area contributed by atoms with E-state index in [4.69, 9.17) is 0 Å². The molecule has 2 N–H and O–H groups in total. The van der Waals surface area contributed by atoms with Crippen LogP contribution in [-0.2, 0) is 4.79 Å². The van der Waals surface area contributed by atoms with Crippen molar-refractivity contribution in [2.24, 2.45) is 0 Å². The van der Waals surface area contributed by atoms with Gasteiger partial charge < -0.3 is 5.32 Å². The van der Waals surface area contributed by atoms with E-state index in [9.17, 15) is 4.79 Å². The molecule has 0 aliphatic carbocycles. The van der Waals surface area contributed by atoms with Crippen LogP contribution in [0.4, 0.5) is 0 Å². The Bertz CT molecular complexity index is 353. The predicted molar refractivity (Wildman–Crippen MR) is 66.3 cm³/mol. The van der Waals surface area contributed by atoms with Crippen LogP contribution in [0.2, 0.25) is 0 Å². The minimum atomic E-state index is -0.255. The van der Waals surface area contributed by atoms with Gasteiger partial charge in [0.05, 0.1) is 11.7 Å². The summed E-state index contributed by atoms with van der Waals surface area (Å²) in [5.74, 6) is -0.00394. The van der Waals surface area contributed by atoms with Crippen LogP contribution >= 0.6 is 0 Å². The van der Waals surface area contributed by atoms with E-state index in [0.717, 1.165) is 5.69 Å². The Labute approximate surface area is 102 Å². The summed E-state index contributed by atoms with van der Waals surface area (Å²) >= 11 is 0. The van der Waals surface area contributed by atoms with Crippen molar-refractivity contribution < 1.29 is 4.79 Å². The summed E-state index contributed by atoms with van der Waals surface area (Å²) in [6, 6.07) is -0.107. The van der Waals surface area contributed by atoms with Crippen molar-refractivity contribution in [2.45, 2.75) is 45.8 Å². The standard InChI is InChI=1S/C12H20N4O/c1-8(2)15-12(17)10(4)16-9(3)11-7-13-5-6-14-11/h5-10,16H,1-4H3,(H,15,17). The summed E-state index contributed by atoms with van der Waals surface area (Å²) in [6.07, 6.45) is 4.97. The highest BCUT2D eigenvalue weighted by atomic mass is 16.2. The molecule has 5 nitrogen and oxygen atoms in total. The molecule has 1 aromatic heterocycles. The average Bonchev–Trinajstić information content (AvgIpc) is 2.29. The lowest BCUT2D eigenvalue weighted by molar-refractivity contribution is -0.123. The molecule has 1 rings (SSSR count). The number of carbonyl (C=O) groups excluding carboxylic acids is 1. The van der Waals surface area contributed by atoms with Crippen molar-refractivity contribution in [3.05, 3.63) is 24.3 Å². The van der Waals surface area contributed by atoms with E-state index >= 15 is 0 Å². The van der Waals surface area contributed by atoms with Gasteiger partial charge in [-0.1, -0.05) is 0 Å². The molecule has 0 aliphatic heterocycles. The first-order chi connectivity index (χ1) is 8.00. The highest BCUT2D eigenvalue weighted by Gasteiger charge is 2.17. The van der Waals surface area contributed by atoms with E-state index in [1.54, 1.807) is 18.6 Å². The topological polar surface area (TPSA) is 66.9 Å². The predicted octanol–water partition coefficient (Wildman–Crippen LogP) is 1.04. The number of carbonyl (C=O) groups is 1.